The second-order valence-corrected chi connectivity index (χ2v) is 10.9. The molecule has 12 heavy (non-hydrogen) atoms. The summed E-state index contributed by atoms with van der Waals surface area (Å²) in [6, 6.07) is 7.05. The Bertz CT molecular complexity index is 264. The van der Waals surface area contributed by atoms with E-state index in [0.29, 0.717) is 0 Å². The van der Waals surface area contributed by atoms with Gasteiger partial charge in [0, 0.05) is 10.2 Å². The lowest BCUT2D eigenvalue weighted by Crippen LogP contribution is -2.39. The fourth-order valence-electron chi connectivity index (χ4n) is 1.41. The van der Waals surface area contributed by atoms with Gasteiger partial charge < -0.3 is 0 Å². The molecule has 1 aromatic rings. The molecule has 0 N–H and O–H groups in total. The molecule has 0 saturated carbocycles. The van der Waals surface area contributed by atoms with Crippen molar-refractivity contribution in [3.8, 4) is 0 Å². The van der Waals surface area contributed by atoms with Crippen LogP contribution in [0.25, 0.3) is 0 Å². The average Bonchev–Trinajstić information content (AvgIpc) is 1.82. The smallest absolute Gasteiger partial charge is 0.0706 e. The van der Waals surface area contributed by atoms with Crippen LogP contribution < -0.4 is 10.4 Å². The molecule has 0 aliphatic carbocycles. The zero-order valence-corrected chi connectivity index (χ0v) is 11.7. The summed E-state index contributed by atoms with van der Waals surface area (Å²) in [4.78, 5) is 0. The standard InChI is InChI=1S/C10H18Si2/c1-8-5-9(11)7-10(6-8)12(2,3)4/h5-7H,1-4,11H3. The van der Waals surface area contributed by atoms with Crippen LogP contribution in [0.15, 0.2) is 18.2 Å². The number of benzene rings is 1. The molecule has 2 heteroatoms. The van der Waals surface area contributed by atoms with Crippen molar-refractivity contribution in [3.05, 3.63) is 23.8 Å². The van der Waals surface area contributed by atoms with Crippen LogP contribution in [-0.4, -0.2) is 18.3 Å². The van der Waals surface area contributed by atoms with Crippen LogP contribution in [0.5, 0.6) is 0 Å². The van der Waals surface area contributed by atoms with Crippen LogP contribution in [0.4, 0.5) is 0 Å². The molecule has 1 rings (SSSR count). The van der Waals surface area contributed by atoms with E-state index in [0.717, 1.165) is 0 Å². The highest BCUT2D eigenvalue weighted by Gasteiger charge is 2.16. The van der Waals surface area contributed by atoms with Crippen molar-refractivity contribution >= 4 is 28.7 Å². The summed E-state index contributed by atoms with van der Waals surface area (Å²) in [5, 5.41) is 3.14. The van der Waals surface area contributed by atoms with Gasteiger partial charge in [-0.3, -0.25) is 0 Å². The first-order valence-electron chi connectivity index (χ1n) is 4.48. The van der Waals surface area contributed by atoms with Crippen molar-refractivity contribution in [2.45, 2.75) is 26.6 Å². The van der Waals surface area contributed by atoms with Crippen molar-refractivity contribution in [2.75, 3.05) is 0 Å². The summed E-state index contributed by atoms with van der Waals surface area (Å²) >= 11 is 0. The molecule has 0 spiro atoms. The van der Waals surface area contributed by atoms with Crippen molar-refractivity contribution in [1.29, 1.82) is 0 Å². The molecule has 0 heterocycles. The van der Waals surface area contributed by atoms with Gasteiger partial charge in [0.1, 0.15) is 0 Å². The van der Waals surface area contributed by atoms with Crippen LogP contribution in [0.3, 0.4) is 0 Å². The average molecular weight is 194 g/mol. The summed E-state index contributed by atoms with van der Waals surface area (Å²) < 4.78 is 0. The third-order valence-electron chi connectivity index (χ3n) is 2.09. The minimum atomic E-state index is -1.07. The number of aryl methyl sites for hydroxylation is 1. The molecule has 0 unspecified atom stereocenters. The largest absolute Gasteiger partial charge is 0.0775 e. The van der Waals surface area contributed by atoms with Gasteiger partial charge in [0.25, 0.3) is 0 Å². The maximum absolute atomic E-state index is 2.41. The minimum absolute atomic E-state index is 1.07. The third-order valence-corrected chi connectivity index (χ3v) is 4.69. The second-order valence-electron chi connectivity index (χ2n) is 4.63. The summed E-state index contributed by atoms with van der Waals surface area (Å²) in [5.41, 5.74) is 1.43. The van der Waals surface area contributed by atoms with Gasteiger partial charge in [-0.1, -0.05) is 53.8 Å². The fraction of sp³-hybridized carbons (Fsp3) is 0.400. The fourth-order valence-corrected chi connectivity index (χ4v) is 3.78. The zero-order chi connectivity index (χ0) is 9.35. The summed E-state index contributed by atoms with van der Waals surface area (Å²) in [7, 11) is 0.103. The van der Waals surface area contributed by atoms with Gasteiger partial charge in [-0.15, -0.1) is 0 Å². The van der Waals surface area contributed by atoms with Crippen molar-refractivity contribution < 1.29 is 0 Å². The van der Waals surface area contributed by atoms with Gasteiger partial charge >= 0.3 is 0 Å². The Morgan fingerprint density at radius 3 is 2.08 bits per heavy atom. The Kier molecular flexibility index (Phi) is 2.59. The molecule has 0 bridgehead atoms. The van der Waals surface area contributed by atoms with Crippen molar-refractivity contribution in [3.63, 3.8) is 0 Å². The highest BCUT2D eigenvalue weighted by atomic mass is 28.3. The van der Waals surface area contributed by atoms with E-state index in [1.807, 2.05) is 0 Å². The van der Waals surface area contributed by atoms with E-state index < -0.39 is 8.07 Å². The van der Waals surface area contributed by atoms with Crippen molar-refractivity contribution in [2.24, 2.45) is 0 Å². The molecular formula is C10H18Si2. The van der Waals surface area contributed by atoms with Crippen LogP contribution >= 0.6 is 0 Å². The topological polar surface area (TPSA) is 0 Å². The molecule has 0 saturated heterocycles. The highest BCUT2D eigenvalue weighted by Crippen LogP contribution is 2.02. The van der Waals surface area contributed by atoms with E-state index in [4.69, 9.17) is 0 Å². The zero-order valence-electron chi connectivity index (χ0n) is 8.73. The molecule has 0 aliphatic heterocycles. The monoisotopic (exact) mass is 194 g/mol. The second kappa shape index (κ2) is 3.19. The van der Waals surface area contributed by atoms with E-state index in [1.54, 1.807) is 5.19 Å². The first-order chi connectivity index (χ1) is 5.39. The lowest BCUT2D eigenvalue weighted by Gasteiger charge is -2.17. The molecule has 0 amide bonds. The van der Waals surface area contributed by atoms with Crippen LogP contribution in [0.2, 0.25) is 19.6 Å². The maximum atomic E-state index is 2.41. The van der Waals surface area contributed by atoms with Crippen LogP contribution in [0.1, 0.15) is 5.56 Å². The first-order valence-corrected chi connectivity index (χ1v) is 8.98. The highest BCUT2D eigenvalue weighted by molar-refractivity contribution is 6.88. The number of rotatable bonds is 1. The van der Waals surface area contributed by atoms with Gasteiger partial charge in [0.15, 0.2) is 0 Å². The normalized spacial score (nSPS) is 12.0. The molecular weight excluding hydrogens is 176 g/mol. The molecule has 0 aromatic heterocycles. The third kappa shape index (κ3) is 2.32. The molecule has 0 fully saturated rings. The first kappa shape index (κ1) is 9.74. The summed E-state index contributed by atoms with van der Waals surface area (Å²) in [6.45, 7) is 9.42. The van der Waals surface area contributed by atoms with Crippen LogP contribution in [0, 0.1) is 6.92 Å². The lowest BCUT2D eigenvalue weighted by molar-refractivity contribution is 1.50. The Labute approximate surface area is 79.4 Å². The SMILES string of the molecule is Cc1cc([SiH3])cc([Si](C)(C)C)c1. The number of hydrogen-bond donors (Lipinski definition) is 0. The lowest BCUT2D eigenvalue weighted by atomic mass is 10.2. The quantitative estimate of drug-likeness (QED) is 0.572. The Balaban J connectivity index is 3.18. The molecule has 0 radical (unpaired) electrons. The van der Waals surface area contributed by atoms with E-state index in [2.05, 4.69) is 44.8 Å². The number of hydrogen-bond acceptors (Lipinski definition) is 0. The van der Waals surface area contributed by atoms with E-state index in [-0.39, 0.29) is 0 Å². The van der Waals surface area contributed by atoms with Gasteiger partial charge in [-0.05, 0) is 6.92 Å². The predicted octanol–water partition coefficient (Wildman–Crippen LogP) is 0.531. The van der Waals surface area contributed by atoms with Gasteiger partial charge in [-0.25, -0.2) is 0 Å². The van der Waals surface area contributed by atoms with E-state index in [1.165, 1.54) is 21.0 Å². The molecule has 0 nitrogen and oxygen atoms in total. The maximum Gasteiger partial charge on any atom is 0.0775 e. The summed E-state index contributed by atoms with van der Waals surface area (Å²) in [6.07, 6.45) is 0. The van der Waals surface area contributed by atoms with Gasteiger partial charge in [0.05, 0.1) is 8.07 Å². The summed E-state index contributed by atoms with van der Waals surface area (Å²) in [5.74, 6) is 0. The molecule has 0 atom stereocenters. The molecule has 66 valence electrons. The Morgan fingerprint density at radius 2 is 1.67 bits per heavy atom. The van der Waals surface area contributed by atoms with E-state index >= 15 is 0 Å². The molecule has 1 aromatic carbocycles. The van der Waals surface area contributed by atoms with Gasteiger partial charge in [-0.2, -0.15) is 0 Å². The predicted molar refractivity (Wildman–Crippen MR) is 63.7 cm³/mol. The Morgan fingerprint density at radius 1 is 1.08 bits per heavy atom. The molecule has 0 aliphatic rings. The minimum Gasteiger partial charge on any atom is -0.0706 e. The van der Waals surface area contributed by atoms with Crippen LogP contribution in [-0.2, 0) is 0 Å². The van der Waals surface area contributed by atoms with E-state index in [9.17, 15) is 0 Å². The van der Waals surface area contributed by atoms with Crippen molar-refractivity contribution in [1.82, 2.24) is 0 Å². The Hall–Kier alpha value is -0.346. The van der Waals surface area contributed by atoms with Gasteiger partial charge in [0.2, 0.25) is 0 Å².